The van der Waals surface area contributed by atoms with Crippen LogP contribution in [0.15, 0.2) is 298 Å². The summed E-state index contributed by atoms with van der Waals surface area (Å²) in [7, 11) is 3.25. The number of benzene rings is 10. The number of ether oxygens (including phenoxy) is 2. The lowest BCUT2D eigenvalue weighted by Gasteiger charge is -2.15. The summed E-state index contributed by atoms with van der Waals surface area (Å²) in [5.41, 5.74) is 14.2. The lowest BCUT2D eigenvalue weighted by Crippen LogP contribution is -2.05. The Labute approximate surface area is 704 Å². The first-order valence-electron chi connectivity index (χ1n) is 37.2. The van der Waals surface area contributed by atoms with Crippen molar-refractivity contribution in [2.45, 2.75) is 12.8 Å². The van der Waals surface area contributed by atoms with Crippen LogP contribution in [0.1, 0.15) is 11.4 Å². The molecule has 10 aromatic carbocycles. The molecule has 0 aliphatic rings. The van der Waals surface area contributed by atoms with Crippen molar-refractivity contribution in [1.29, 1.82) is 0 Å². The minimum absolute atomic E-state index is 0.203. The minimum Gasteiger partial charge on any atom is -0.497 e. The number of fused-ring (bicyclic) bond motifs is 8. The first kappa shape index (κ1) is 79.4. The van der Waals surface area contributed by atoms with Crippen molar-refractivity contribution in [3.63, 3.8) is 0 Å². The molecule has 0 radical (unpaired) electrons. The predicted molar refractivity (Wildman–Crippen MR) is 466 cm³/mol. The Morgan fingerprint density at radius 1 is 0.355 bits per heavy atom. The molecule has 0 aliphatic carbocycles. The van der Waals surface area contributed by atoms with E-state index in [1.165, 1.54) is 66.9 Å². The molecule has 20 aromatic rings. The fourth-order valence-corrected chi connectivity index (χ4v) is 14.9. The molecule has 0 amide bonds. The minimum atomic E-state index is -4.46. The molecule has 16 nitrogen and oxygen atoms in total. The molecule has 0 bridgehead atoms. The van der Waals surface area contributed by atoms with Gasteiger partial charge in [0.2, 0.25) is 0 Å². The first-order chi connectivity index (χ1) is 58.8. The molecule has 10 aromatic heterocycles. The van der Waals surface area contributed by atoms with E-state index in [-0.39, 0.29) is 28.5 Å². The second-order valence-corrected chi connectivity index (χ2v) is 29.2. The molecule has 0 saturated heterocycles. The normalized spacial score (nSPS) is 11.4. The van der Waals surface area contributed by atoms with Gasteiger partial charge in [-0.2, -0.15) is 13.2 Å². The summed E-state index contributed by atoms with van der Waals surface area (Å²) in [5.74, 6) is -0.140. The highest BCUT2D eigenvalue weighted by atomic mass is 35.5. The number of pyridine rings is 8. The Hall–Kier alpha value is -14.1. The molecule has 0 unspecified atom stereocenters. The molecule has 121 heavy (non-hydrogen) atoms. The van der Waals surface area contributed by atoms with Crippen LogP contribution < -0.4 is 15.4 Å². The van der Waals surface area contributed by atoms with Gasteiger partial charge in [0.05, 0.1) is 115 Å². The first-order valence-corrected chi connectivity index (χ1v) is 38.7. The van der Waals surface area contributed by atoms with E-state index in [0.717, 1.165) is 118 Å². The van der Waals surface area contributed by atoms with Crippen LogP contribution in [0.4, 0.5) is 53.5 Å². The standard InChI is InChI=1S/C25H14ClF4N3.C25H17ClFN3O.C23H16ClFN4O.C21H12ClFN4/c26-15-6-8-19(27)18(12-15)24-13-23(16-3-1-2-4-20(16)32-24)33-21-9-10-31-22-11-14(25(28,29)30)5-7-17(21)22;1-31-16-7-8-18-22(10-11-28-23(18)13-16)30-24-14-25(19-12-15(26)6-9-20(19)27)29-21-5-3-2-4-17(21)24;1-30-13-23-28-20-12-26-9-8-21(20)29(23)22-11-19(16-10-14(24)6-7-17(16)25)27-18-5-3-2-4-15(18)22;22-13-5-6-16(23)15(9-13)18-10-21(14-3-1-2-4-17(14)26-18)27-12-25-19-11-24-8-7-20(19)27/h1-13H,(H,31,32,33);2-14H,1H3,(H,28,29,30);2-12H,13H2,1H3;1-12H. The SMILES string of the molecule is COCc1nc2cnccc2n1-c1cc(-c2cc(Cl)ccc2F)nc2ccccc12.COc1ccc2c(Nc3cc(-c4cc(Cl)ccc4F)nc4ccccc34)ccnc2c1.Fc1ccc(Cl)cc1-c1cc(-n2cnc3cnccc32)c2ccccc2n1.Fc1ccc(Cl)cc1-c1cc(Nc2ccnc3cc(C(F)(F)F)ccc23)c2ccccc2n1. The number of imidazole rings is 2. The van der Waals surface area contributed by atoms with Crippen molar-refractivity contribution in [1.82, 2.24) is 59.0 Å². The zero-order chi connectivity index (χ0) is 83.6. The van der Waals surface area contributed by atoms with E-state index in [9.17, 15) is 30.7 Å². The van der Waals surface area contributed by atoms with Crippen molar-refractivity contribution >= 4 is 157 Å². The molecule has 10 heterocycles. The van der Waals surface area contributed by atoms with Crippen LogP contribution in [0.2, 0.25) is 20.1 Å². The van der Waals surface area contributed by atoms with Gasteiger partial charge in [-0.25, -0.2) is 47.5 Å². The largest absolute Gasteiger partial charge is 0.497 e. The van der Waals surface area contributed by atoms with Gasteiger partial charge >= 0.3 is 6.18 Å². The van der Waals surface area contributed by atoms with Gasteiger partial charge in [-0.05, 0) is 170 Å². The number of halogens is 11. The van der Waals surface area contributed by atoms with Gasteiger partial charge in [0.15, 0.2) is 0 Å². The third-order valence-corrected chi connectivity index (χ3v) is 20.8. The van der Waals surface area contributed by atoms with Crippen molar-refractivity contribution < 1.29 is 40.2 Å². The number of alkyl halides is 3. The van der Waals surface area contributed by atoms with E-state index in [1.807, 2.05) is 155 Å². The maximum atomic E-state index is 14.6. The third-order valence-electron chi connectivity index (χ3n) is 19.8. The lowest BCUT2D eigenvalue weighted by molar-refractivity contribution is -0.137. The van der Waals surface area contributed by atoms with Crippen LogP contribution in [0.25, 0.3) is 144 Å². The second kappa shape index (κ2) is 34.1. The zero-order valence-electron chi connectivity index (χ0n) is 63.3. The molecule has 0 spiro atoms. The highest BCUT2D eigenvalue weighted by Crippen LogP contribution is 2.41. The van der Waals surface area contributed by atoms with Gasteiger partial charge in [-0.15, -0.1) is 0 Å². The number of anilines is 4. The summed E-state index contributed by atoms with van der Waals surface area (Å²) >= 11 is 24.4. The van der Waals surface area contributed by atoms with Gasteiger partial charge in [0.25, 0.3) is 0 Å². The number of hydrogen-bond acceptors (Lipinski definition) is 14. The Bertz CT molecular complexity index is 7410. The quantitative estimate of drug-likeness (QED) is 0.104. The van der Waals surface area contributed by atoms with Gasteiger partial charge in [0, 0.05) is 124 Å². The lowest BCUT2D eigenvalue weighted by atomic mass is 10.1. The fraction of sp³-hybridized carbons (Fsp3) is 0.0426. The summed E-state index contributed by atoms with van der Waals surface area (Å²) in [5, 5.41) is 13.5. The van der Waals surface area contributed by atoms with Crippen LogP contribution in [0.5, 0.6) is 5.75 Å². The number of para-hydroxylation sites is 4. The summed E-state index contributed by atoms with van der Waals surface area (Å²) in [6.45, 7) is 0.312. The molecule has 27 heteroatoms. The second-order valence-electron chi connectivity index (χ2n) is 27.4. The summed E-state index contributed by atoms with van der Waals surface area (Å²) in [4.78, 5) is 44.5. The van der Waals surface area contributed by atoms with E-state index in [4.69, 9.17) is 60.9 Å². The Kier molecular flexibility index (Phi) is 22.4. The highest BCUT2D eigenvalue weighted by Gasteiger charge is 2.31. The number of nitrogens with zero attached hydrogens (tertiary/aromatic N) is 12. The highest BCUT2D eigenvalue weighted by molar-refractivity contribution is 6.32. The Balaban J connectivity index is 0.000000115. The molecular formula is C94H59Cl4F7N14O2. The average Bonchev–Trinajstić information content (AvgIpc) is 1.65. The number of hydrogen-bond donors (Lipinski definition) is 2. The van der Waals surface area contributed by atoms with E-state index in [0.29, 0.717) is 88.4 Å². The van der Waals surface area contributed by atoms with E-state index >= 15 is 0 Å². The van der Waals surface area contributed by atoms with Crippen molar-refractivity contribution in [2.24, 2.45) is 0 Å². The molecule has 594 valence electrons. The van der Waals surface area contributed by atoms with Crippen LogP contribution in [-0.2, 0) is 17.5 Å². The van der Waals surface area contributed by atoms with Gasteiger partial charge in [-0.1, -0.05) is 125 Å². The smallest absolute Gasteiger partial charge is 0.416 e. The fourth-order valence-electron chi connectivity index (χ4n) is 14.2. The molecular weight excluding hydrogens is 1630 g/mol. The molecule has 0 fully saturated rings. The number of methoxy groups -OCH3 is 2. The van der Waals surface area contributed by atoms with Crippen LogP contribution in [0.3, 0.4) is 0 Å². The number of rotatable bonds is 13. The third kappa shape index (κ3) is 16.7. The Morgan fingerprint density at radius 3 is 1.25 bits per heavy atom. The van der Waals surface area contributed by atoms with Crippen LogP contribution in [-0.4, -0.2) is 73.2 Å². The van der Waals surface area contributed by atoms with Crippen LogP contribution in [0, 0.1) is 23.3 Å². The van der Waals surface area contributed by atoms with Crippen molar-refractivity contribution in [3.8, 4) is 62.2 Å². The van der Waals surface area contributed by atoms with Gasteiger partial charge < -0.3 is 20.1 Å². The van der Waals surface area contributed by atoms with E-state index < -0.39 is 17.6 Å². The summed E-state index contributed by atoms with van der Waals surface area (Å²) in [6, 6.07) is 72.0. The van der Waals surface area contributed by atoms with Crippen molar-refractivity contribution in [2.75, 3.05) is 24.9 Å². The molecule has 0 aliphatic heterocycles. The monoisotopic (exact) mass is 1690 g/mol. The number of nitrogens with one attached hydrogen (secondary N) is 2. The zero-order valence-corrected chi connectivity index (χ0v) is 66.4. The van der Waals surface area contributed by atoms with E-state index in [2.05, 4.69) is 55.5 Å². The molecule has 0 atom stereocenters. The molecule has 0 saturated carbocycles. The average molecular weight is 1690 g/mol. The van der Waals surface area contributed by atoms with Gasteiger partial charge in [-0.3, -0.25) is 29.1 Å². The molecule has 20 rings (SSSR count). The maximum absolute atomic E-state index is 14.6. The summed E-state index contributed by atoms with van der Waals surface area (Å²) in [6.07, 6.45) is 7.33. The van der Waals surface area contributed by atoms with Gasteiger partial charge in [0.1, 0.15) is 58.8 Å². The van der Waals surface area contributed by atoms with Crippen LogP contribution >= 0.6 is 46.4 Å². The predicted octanol–water partition coefficient (Wildman–Crippen LogP) is 26.0. The number of aromatic nitrogens is 12. The summed E-state index contributed by atoms with van der Waals surface area (Å²) < 4.78 is 112. The topological polar surface area (TPSA) is 181 Å². The van der Waals surface area contributed by atoms with Crippen molar-refractivity contribution in [3.05, 3.63) is 353 Å². The Morgan fingerprint density at radius 2 is 0.769 bits per heavy atom. The molecule has 2 N–H and O–H groups in total. The maximum Gasteiger partial charge on any atom is 0.416 e. The van der Waals surface area contributed by atoms with E-state index in [1.54, 1.807) is 87.9 Å².